The molecule has 0 atom stereocenters. The maximum Gasteiger partial charge on any atom is 0.254 e. The number of aromatic amines is 1. The quantitative estimate of drug-likeness (QED) is 0.0897. The van der Waals surface area contributed by atoms with Gasteiger partial charge in [0.05, 0.1) is 21.1 Å². The number of anilines is 1. The van der Waals surface area contributed by atoms with Gasteiger partial charge in [0.25, 0.3) is 5.69 Å². The van der Waals surface area contributed by atoms with E-state index in [1.54, 1.807) is 18.2 Å². The average Bonchev–Trinajstić information content (AvgIpc) is 3.18. The number of fused-ring (bicyclic) bond motifs is 2. The Labute approximate surface area is 347 Å². The van der Waals surface area contributed by atoms with Gasteiger partial charge in [0.1, 0.15) is 57.5 Å². The van der Waals surface area contributed by atoms with E-state index in [1.165, 1.54) is 66.9 Å². The highest BCUT2D eigenvalue weighted by Crippen LogP contribution is 2.39. The molecule has 8 rings (SSSR count). The number of hydrogen-bond acceptors (Lipinski definition) is 6. The van der Waals surface area contributed by atoms with E-state index >= 15 is 0 Å². The Balaban J connectivity index is 0.000000183. The minimum atomic E-state index is -0.955. The molecule has 0 bridgehead atoms. The highest BCUT2D eigenvalue weighted by molar-refractivity contribution is 6.34. The van der Waals surface area contributed by atoms with Crippen molar-refractivity contribution in [1.29, 1.82) is 0 Å². The van der Waals surface area contributed by atoms with E-state index in [2.05, 4.69) is 20.3 Å². The Morgan fingerprint density at radius 2 is 1.28 bits per heavy atom. The second-order valence-corrected chi connectivity index (χ2v) is 14.4. The number of nitrogens with one attached hydrogen (secondary N) is 2. The molecular weight excluding hydrogens is 829 g/mol. The monoisotopic (exact) mass is 858 g/mol. The van der Waals surface area contributed by atoms with Crippen LogP contribution < -0.4 is 15.6 Å². The third kappa shape index (κ3) is 8.48. The van der Waals surface area contributed by atoms with Crippen LogP contribution in [0.5, 0.6) is 0 Å². The van der Waals surface area contributed by atoms with E-state index < -0.39 is 46.0 Å². The number of likely N-dealkylation sites (N-methyl/N-ethyl adjacent to an activating group) is 1. The maximum absolute atomic E-state index is 14.6. The lowest BCUT2D eigenvalue weighted by atomic mass is 9.99. The Morgan fingerprint density at radius 1 is 0.717 bits per heavy atom. The van der Waals surface area contributed by atoms with Gasteiger partial charge in [-0.2, -0.15) is 4.73 Å². The molecule has 0 saturated heterocycles. The second-order valence-electron chi connectivity index (χ2n) is 13.6. The van der Waals surface area contributed by atoms with Crippen LogP contribution in [0.3, 0.4) is 0 Å². The van der Waals surface area contributed by atoms with E-state index in [0.29, 0.717) is 50.9 Å². The van der Waals surface area contributed by atoms with Crippen molar-refractivity contribution in [3.8, 4) is 44.8 Å². The predicted molar refractivity (Wildman–Crippen MR) is 222 cm³/mol. The number of H-pyrrole nitrogens is 1. The molecule has 0 fully saturated rings. The van der Waals surface area contributed by atoms with Crippen LogP contribution in [0.2, 0.25) is 10.0 Å². The zero-order valence-corrected chi connectivity index (χ0v) is 32.9. The fraction of sp³-hybridized carbons (Fsp3) is 0.0909. The summed E-state index contributed by atoms with van der Waals surface area (Å²) in [4.78, 5) is 25.6. The topological polar surface area (TPSA) is 101 Å². The summed E-state index contributed by atoms with van der Waals surface area (Å²) in [6, 6.07) is 20.7. The molecular formula is C44H30Cl2F6N6O2. The Morgan fingerprint density at radius 3 is 1.85 bits per heavy atom. The van der Waals surface area contributed by atoms with Crippen molar-refractivity contribution in [1.82, 2.24) is 19.9 Å². The van der Waals surface area contributed by atoms with Crippen LogP contribution in [0.1, 0.15) is 0 Å². The summed E-state index contributed by atoms with van der Waals surface area (Å²) in [5.41, 5.74) is 0.339. The first-order valence-electron chi connectivity index (χ1n) is 18.0. The van der Waals surface area contributed by atoms with Gasteiger partial charge in [-0.3, -0.25) is 9.78 Å². The Bertz CT molecular complexity index is 2960. The highest BCUT2D eigenvalue weighted by atomic mass is 35.5. The molecule has 0 radical (unpaired) electrons. The van der Waals surface area contributed by atoms with Crippen molar-refractivity contribution in [2.75, 3.05) is 32.5 Å². The molecule has 0 saturated carbocycles. The first-order valence-corrected chi connectivity index (χ1v) is 18.7. The lowest BCUT2D eigenvalue weighted by Crippen LogP contribution is -2.30. The van der Waals surface area contributed by atoms with E-state index in [-0.39, 0.29) is 37.2 Å². The summed E-state index contributed by atoms with van der Waals surface area (Å²) in [6.07, 6.45) is 2.54. The zero-order valence-electron chi connectivity index (χ0n) is 31.4. The van der Waals surface area contributed by atoms with Crippen LogP contribution in [0.15, 0.2) is 114 Å². The van der Waals surface area contributed by atoms with Crippen LogP contribution in [0, 0.1) is 40.1 Å². The molecule has 0 amide bonds. The normalized spacial score (nSPS) is 11.2. The third-order valence-corrected chi connectivity index (χ3v) is 9.98. The molecule has 8 aromatic rings. The van der Waals surface area contributed by atoms with Gasteiger partial charge in [-0.1, -0.05) is 35.3 Å². The smallest absolute Gasteiger partial charge is 0.254 e. The van der Waals surface area contributed by atoms with Crippen molar-refractivity contribution < 1.29 is 31.1 Å². The van der Waals surface area contributed by atoms with E-state index in [1.807, 2.05) is 19.0 Å². The molecule has 0 aliphatic rings. The Hall–Kier alpha value is -6.48. The van der Waals surface area contributed by atoms with Gasteiger partial charge >= 0.3 is 0 Å². The number of benzene rings is 4. The number of nitrogens with zero attached hydrogens (tertiary/aromatic N) is 4. The molecule has 2 N–H and O–H groups in total. The van der Waals surface area contributed by atoms with E-state index in [4.69, 9.17) is 23.2 Å². The molecule has 0 spiro atoms. The molecule has 0 aliphatic heterocycles. The van der Waals surface area contributed by atoms with Crippen LogP contribution >= 0.6 is 23.2 Å². The number of pyridine rings is 4. The summed E-state index contributed by atoms with van der Waals surface area (Å²) >= 11 is 12.5. The van der Waals surface area contributed by atoms with Gasteiger partial charge in [0, 0.05) is 53.3 Å². The fourth-order valence-electron chi connectivity index (χ4n) is 6.63. The van der Waals surface area contributed by atoms with Gasteiger partial charge in [-0.05, 0) is 98.0 Å². The van der Waals surface area contributed by atoms with Crippen molar-refractivity contribution in [2.24, 2.45) is 0 Å². The first-order chi connectivity index (χ1) is 28.7. The van der Waals surface area contributed by atoms with Crippen molar-refractivity contribution in [2.45, 2.75) is 0 Å². The molecule has 0 unspecified atom stereocenters. The van der Waals surface area contributed by atoms with Gasteiger partial charge < -0.3 is 20.4 Å². The second kappa shape index (κ2) is 17.4. The lowest BCUT2D eigenvalue weighted by molar-refractivity contribution is -0.592. The molecule has 8 nitrogen and oxygen atoms in total. The summed E-state index contributed by atoms with van der Waals surface area (Å²) in [5, 5.41) is 16.8. The van der Waals surface area contributed by atoms with Gasteiger partial charge in [0.15, 0.2) is 6.20 Å². The minimum absolute atomic E-state index is 0.0457. The molecule has 4 aromatic carbocycles. The van der Waals surface area contributed by atoms with Crippen LogP contribution in [-0.4, -0.2) is 47.0 Å². The predicted octanol–water partition coefficient (Wildman–Crippen LogP) is 10.6. The number of hydrogen-bond donors (Lipinski definition) is 2. The molecule has 0 aliphatic carbocycles. The van der Waals surface area contributed by atoms with Crippen LogP contribution in [0.4, 0.5) is 32.2 Å². The Kier molecular flexibility index (Phi) is 12.1. The van der Waals surface area contributed by atoms with Crippen LogP contribution in [-0.2, 0) is 0 Å². The summed E-state index contributed by atoms with van der Waals surface area (Å²) in [5.74, 6) is -3.92. The summed E-state index contributed by atoms with van der Waals surface area (Å²) in [7, 11) is 3.89. The third-order valence-electron chi connectivity index (χ3n) is 9.35. The summed E-state index contributed by atoms with van der Waals surface area (Å²) < 4.78 is 85.2. The van der Waals surface area contributed by atoms with Gasteiger partial charge in [-0.15, -0.1) is 0 Å². The van der Waals surface area contributed by atoms with Gasteiger partial charge in [0.2, 0.25) is 5.56 Å². The first kappa shape index (κ1) is 41.7. The number of aromatic nitrogens is 4. The van der Waals surface area contributed by atoms with Crippen molar-refractivity contribution in [3.63, 3.8) is 0 Å². The van der Waals surface area contributed by atoms with E-state index in [9.17, 15) is 36.3 Å². The zero-order chi connectivity index (χ0) is 42.8. The highest BCUT2D eigenvalue weighted by Gasteiger charge is 2.25. The average molecular weight is 860 g/mol. The molecule has 4 heterocycles. The van der Waals surface area contributed by atoms with Crippen molar-refractivity contribution >= 4 is 50.8 Å². The minimum Gasteiger partial charge on any atom is -0.618 e. The fourth-order valence-corrected chi connectivity index (χ4v) is 7.17. The maximum atomic E-state index is 14.6. The number of rotatable bonds is 8. The lowest BCUT2D eigenvalue weighted by Gasteiger charge is -2.16. The SMILES string of the molecule is CN(C)CCNc1cc(-c2ccc(F)cc2Cl)c2ccnc(-c3c(F)cccc3F)c2n1.O=c1cc(-c2ccc(F)cc2Cl)c2cc[n+]([O-])c(-c3c(F)cccc3F)c2[nH]1. The van der Waals surface area contributed by atoms with Crippen LogP contribution in [0.25, 0.3) is 66.6 Å². The standard InChI is InChI=1S/C24H20ClF3N4.C20H10ClF3N2O2/c1-32(2)11-10-29-21-13-17(15-7-6-14(26)12-18(15)25)16-8-9-30-24(23(16)31-21)22-19(27)4-3-5-20(22)28;21-14-8-10(22)4-5-11(14)13-9-17(27)25-19-12(13)6-7-26(28)20(19)18-15(23)2-1-3-16(18)24/h3-9,12-13H,10-11H2,1-2H3,(H,29,31);1-9H,(H,25,27). The molecule has 4 aromatic heterocycles. The summed E-state index contributed by atoms with van der Waals surface area (Å²) in [6.45, 7) is 1.33. The number of halogens is 8. The molecule has 16 heteroatoms. The molecule has 60 heavy (non-hydrogen) atoms. The van der Waals surface area contributed by atoms with Crippen molar-refractivity contribution in [3.05, 3.63) is 170 Å². The van der Waals surface area contributed by atoms with E-state index in [0.717, 1.165) is 30.9 Å². The van der Waals surface area contributed by atoms with Gasteiger partial charge in [-0.25, -0.2) is 31.3 Å². The molecule has 304 valence electrons. The largest absolute Gasteiger partial charge is 0.618 e.